The predicted molar refractivity (Wildman–Crippen MR) is 64.1 cm³/mol. The fourth-order valence-electron chi connectivity index (χ4n) is 1.37. The van der Waals surface area contributed by atoms with Gasteiger partial charge in [0.05, 0.1) is 0 Å². The van der Waals surface area contributed by atoms with Crippen molar-refractivity contribution in [3.8, 4) is 0 Å². The van der Waals surface area contributed by atoms with E-state index in [0.29, 0.717) is 12.2 Å². The molecule has 2 aromatic rings. The monoisotopic (exact) mass is 295 g/mol. The van der Waals surface area contributed by atoms with Gasteiger partial charge < -0.3 is 10.3 Å². The van der Waals surface area contributed by atoms with Gasteiger partial charge in [0.15, 0.2) is 5.82 Å². The van der Waals surface area contributed by atoms with Gasteiger partial charge in [-0.3, -0.25) is 4.79 Å². The molecule has 0 aliphatic carbocycles. The predicted octanol–water partition coefficient (Wildman–Crippen LogP) is 1.45. The lowest BCUT2D eigenvalue weighted by atomic mass is 10.1. The molecule has 0 spiro atoms. The molecule has 6 heteroatoms. The van der Waals surface area contributed by atoms with Crippen LogP contribution in [0.4, 0.5) is 0 Å². The van der Waals surface area contributed by atoms with Crippen LogP contribution in [0.15, 0.2) is 33.3 Å². The van der Waals surface area contributed by atoms with E-state index >= 15 is 0 Å². The highest BCUT2D eigenvalue weighted by Crippen LogP contribution is 2.13. The number of rotatable bonds is 4. The Morgan fingerprint density at radius 3 is 2.71 bits per heavy atom. The van der Waals surface area contributed by atoms with Crippen LogP contribution in [0.5, 0.6) is 0 Å². The smallest absolute Gasteiger partial charge is 0.236 e. The molecule has 0 aliphatic rings. The summed E-state index contributed by atoms with van der Waals surface area (Å²) in [5.41, 5.74) is 6.10. The average molecular weight is 296 g/mol. The number of halogens is 1. The fraction of sp³-hybridized carbons (Fsp3) is 0.182. The number of amides is 1. The minimum absolute atomic E-state index is 0.0205. The van der Waals surface area contributed by atoms with E-state index in [1.807, 2.05) is 24.3 Å². The number of carbonyl (C=O) groups is 1. The number of hydrogen-bond donors (Lipinski definition) is 1. The van der Waals surface area contributed by atoms with Gasteiger partial charge >= 0.3 is 0 Å². The second kappa shape index (κ2) is 5.09. The summed E-state index contributed by atoms with van der Waals surface area (Å²) >= 11 is 3.36. The van der Waals surface area contributed by atoms with Crippen molar-refractivity contribution in [3.63, 3.8) is 0 Å². The first-order chi connectivity index (χ1) is 8.13. The van der Waals surface area contributed by atoms with E-state index in [-0.39, 0.29) is 12.3 Å². The second-order valence-electron chi connectivity index (χ2n) is 3.55. The highest BCUT2D eigenvalue weighted by molar-refractivity contribution is 9.10. The van der Waals surface area contributed by atoms with Gasteiger partial charge in [0, 0.05) is 10.9 Å². The molecular weight excluding hydrogens is 286 g/mol. The summed E-state index contributed by atoms with van der Waals surface area (Å²) in [5.74, 6) is 0.317. The number of benzene rings is 1. The largest absolute Gasteiger partial charge is 0.369 e. The first-order valence-electron chi connectivity index (χ1n) is 4.97. The molecule has 17 heavy (non-hydrogen) atoms. The minimum Gasteiger partial charge on any atom is -0.369 e. The number of carbonyl (C=O) groups excluding carboxylic acids is 1. The molecular formula is C11H10BrN3O2. The standard InChI is InChI=1S/C11H10BrN3O2/c12-8-3-1-7(2-4-8)5-10-14-11(17-15-10)6-9(13)16/h1-4H,5-6H2,(H2,13,16). The van der Waals surface area contributed by atoms with Crippen LogP contribution in [0.3, 0.4) is 0 Å². The molecule has 0 saturated heterocycles. The van der Waals surface area contributed by atoms with Gasteiger partial charge in [-0.25, -0.2) is 0 Å². The average Bonchev–Trinajstić information content (AvgIpc) is 2.68. The maximum absolute atomic E-state index is 10.7. The van der Waals surface area contributed by atoms with Crippen molar-refractivity contribution in [1.29, 1.82) is 0 Å². The van der Waals surface area contributed by atoms with E-state index < -0.39 is 5.91 Å². The molecule has 0 fully saturated rings. The highest BCUT2D eigenvalue weighted by Gasteiger charge is 2.09. The van der Waals surface area contributed by atoms with Crippen molar-refractivity contribution >= 4 is 21.8 Å². The molecule has 0 radical (unpaired) electrons. The zero-order valence-corrected chi connectivity index (χ0v) is 10.5. The maximum Gasteiger partial charge on any atom is 0.236 e. The third kappa shape index (κ3) is 3.39. The van der Waals surface area contributed by atoms with Crippen molar-refractivity contribution in [3.05, 3.63) is 46.0 Å². The van der Waals surface area contributed by atoms with Crippen LogP contribution in [0.25, 0.3) is 0 Å². The van der Waals surface area contributed by atoms with Gasteiger partial charge in [-0.2, -0.15) is 4.98 Å². The molecule has 0 atom stereocenters. The summed E-state index contributed by atoms with van der Waals surface area (Å²) in [5, 5.41) is 3.78. The Balaban J connectivity index is 2.06. The van der Waals surface area contributed by atoms with E-state index in [1.54, 1.807) is 0 Å². The van der Waals surface area contributed by atoms with Crippen molar-refractivity contribution in [2.24, 2.45) is 5.73 Å². The molecule has 1 aromatic heterocycles. The third-order valence-corrected chi connectivity index (χ3v) is 2.64. The Labute approximate surface area is 106 Å². The van der Waals surface area contributed by atoms with Gasteiger partial charge in [-0.15, -0.1) is 0 Å². The molecule has 1 aromatic carbocycles. The zero-order valence-electron chi connectivity index (χ0n) is 8.89. The van der Waals surface area contributed by atoms with Gasteiger partial charge in [0.25, 0.3) is 0 Å². The Kier molecular flexibility index (Phi) is 3.53. The molecule has 0 bridgehead atoms. The minimum atomic E-state index is -0.483. The number of primary amides is 1. The summed E-state index contributed by atoms with van der Waals surface area (Å²) in [6, 6.07) is 7.82. The van der Waals surface area contributed by atoms with Crippen LogP contribution >= 0.6 is 15.9 Å². The molecule has 5 nitrogen and oxygen atoms in total. The lowest BCUT2D eigenvalue weighted by Crippen LogP contribution is -2.13. The van der Waals surface area contributed by atoms with Gasteiger partial charge in [-0.1, -0.05) is 33.2 Å². The SMILES string of the molecule is NC(=O)Cc1nc(Cc2ccc(Br)cc2)no1. The number of nitrogens with zero attached hydrogens (tertiary/aromatic N) is 2. The molecule has 1 heterocycles. The summed E-state index contributed by atoms with van der Waals surface area (Å²) in [4.78, 5) is 14.7. The quantitative estimate of drug-likeness (QED) is 0.925. The molecule has 0 unspecified atom stereocenters. The topological polar surface area (TPSA) is 82.0 Å². The Morgan fingerprint density at radius 2 is 2.06 bits per heavy atom. The molecule has 0 aliphatic heterocycles. The van der Waals surface area contributed by atoms with Crippen LogP contribution in [0.1, 0.15) is 17.3 Å². The molecule has 88 valence electrons. The van der Waals surface area contributed by atoms with Gasteiger partial charge in [-0.05, 0) is 17.7 Å². The van der Waals surface area contributed by atoms with E-state index in [1.165, 1.54) is 0 Å². The van der Waals surface area contributed by atoms with Crippen LogP contribution < -0.4 is 5.73 Å². The van der Waals surface area contributed by atoms with E-state index in [2.05, 4.69) is 26.1 Å². The Morgan fingerprint density at radius 1 is 1.35 bits per heavy atom. The first kappa shape index (κ1) is 11.8. The number of hydrogen-bond acceptors (Lipinski definition) is 4. The lowest BCUT2D eigenvalue weighted by molar-refractivity contribution is -0.117. The second-order valence-corrected chi connectivity index (χ2v) is 4.47. The van der Waals surface area contributed by atoms with E-state index in [4.69, 9.17) is 10.3 Å². The molecule has 1 amide bonds. The Bertz CT molecular complexity index is 522. The first-order valence-corrected chi connectivity index (χ1v) is 5.77. The van der Waals surface area contributed by atoms with Gasteiger partial charge in [0.1, 0.15) is 6.42 Å². The van der Waals surface area contributed by atoms with Crippen molar-refractivity contribution < 1.29 is 9.32 Å². The zero-order chi connectivity index (χ0) is 12.3. The van der Waals surface area contributed by atoms with Crippen molar-refractivity contribution in [2.75, 3.05) is 0 Å². The number of nitrogens with two attached hydrogens (primary N) is 1. The van der Waals surface area contributed by atoms with Crippen molar-refractivity contribution in [2.45, 2.75) is 12.8 Å². The lowest BCUT2D eigenvalue weighted by Gasteiger charge is -1.96. The van der Waals surface area contributed by atoms with Crippen molar-refractivity contribution in [1.82, 2.24) is 10.1 Å². The normalized spacial score (nSPS) is 10.4. The van der Waals surface area contributed by atoms with E-state index in [9.17, 15) is 4.79 Å². The third-order valence-electron chi connectivity index (χ3n) is 2.11. The number of aromatic nitrogens is 2. The van der Waals surface area contributed by atoms with Crippen LogP contribution in [0, 0.1) is 0 Å². The summed E-state index contributed by atoms with van der Waals surface area (Å²) in [7, 11) is 0. The highest BCUT2D eigenvalue weighted by atomic mass is 79.9. The summed E-state index contributed by atoms with van der Waals surface area (Å²) < 4.78 is 5.92. The van der Waals surface area contributed by atoms with Gasteiger partial charge in [0.2, 0.25) is 11.8 Å². The van der Waals surface area contributed by atoms with Crippen LogP contribution in [-0.2, 0) is 17.6 Å². The fourth-order valence-corrected chi connectivity index (χ4v) is 1.63. The van der Waals surface area contributed by atoms with Crippen LogP contribution in [-0.4, -0.2) is 16.0 Å². The molecule has 2 N–H and O–H groups in total. The van der Waals surface area contributed by atoms with Crippen LogP contribution in [0.2, 0.25) is 0 Å². The molecule has 0 saturated carbocycles. The molecule has 2 rings (SSSR count). The van der Waals surface area contributed by atoms with E-state index in [0.717, 1.165) is 10.0 Å². The Hall–Kier alpha value is -1.69. The maximum atomic E-state index is 10.7. The summed E-state index contributed by atoms with van der Waals surface area (Å²) in [6.07, 6.45) is 0.545. The summed E-state index contributed by atoms with van der Waals surface area (Å²) in [6.45, 7) is 0.